The number of aryl methyl sites for hydroxylation is 2. The Morgan fingerprint density at radius 1 is 1.29 bits per heavy atom. The van der Waals surface area contributed by atoms with Crippen LogP contribution >= 0.6 is 0 Å². The highest BCUT2D eigenvalue weighted by atomic mass is 19.1. The van der Waals surface area contributed by atoms with Gasteiger partial charge in [-0.15, -0.1) is 0 Å². The summed E-state index contributed by atoms with van der Waals surface area (Å²) in [5.41, 5.74) is 2.23. The van der Waals surface area contributed by atoms with Crippen LogP contribution in [-0.2, 0) is 13.1 Å². The van der Waals surface area contributed by atoms with Gasteiger partial charge in [-0.2, -0.15) is 5.10 Å². The lowest BCUT2D eigenvalue weighted by atomic mass is 10.2. The molecule has 0 bridgehead atoms. The second-order valence-electron chi connectivity index (χ2n) is 3.93. The average Bonchev–Trinajstić information content (AvgIpc) is 2.70. The molecule has 1 aromatic carbocycles. The Kier molecular flexibility index (Phi) is 3.75. The maximum absolute atomic E-state index is 12.3. The molecule has 0 saturated carbocycles. The minimum atomic E-state index is -0.402. The molecule has 0 atom stereocenters. The van der Waals surface area contributed by atoms with Crippen LogP contribution in [0.3, 0.4) is 0 Å². The quantitative estimate of drug-likeness (QED) is 0.860. The van der Waals surface area contributed by atoms with Crippen molar-refractivity contribution in [3.63, 3.8) is 0 Å². The van der Waals surface area contributed by atoms with Crippen molar-refractivity contribution >= 4 is 5.82 Å². The van der Waals surface area contributed by atoms with E-state index >= 15 is 0 Å². The number of hydrogen-bond acceptors (Lipinski definition) is 2. The van der Waals surface area contributed by atoms with E-state index in [0.717, 1.165) is 17.9 Å². The maximum atomic E-state index is 12.3. The number of anilines is 1. The van der Waals surface area contributed by atoms with Crippen molar-refractivity contribution in [2.75, 3.05) is 12.0 Å². The Morgan fingerprint density at radius 3 is 2.76 bits per heavy atom. The van der Waals surface area contributed by atoms with E-state index < -0.39 is 6.67 Å². The van der Waals surface area contributed by atoms with Gasteiger partial charge in [-0.25, -0.2) is 9.07 Å². The Bertz CT molecular complexity index is 465. The molecule has 4 heteroatoms. The second-order valence-corrected chi connectivity index (χ2v) is 3.93. The third-order valence-electron chi connectivity index (χ3n) is 2.62. The van der Waals surface area contributed by atoms with Crippen molar-refractivity contribution < 1.29 is 4.39 Å². The molecular formula is C13H16FN3. The number of benzene rings is 1. The predicted molar refractivity (Wildman–Crippen MR) is 66.7 cm³/mol. The molecule has 3 nitrogen and oxygen atoms in total. The van der Waals surface area contributed by atoms with Crippen LogP contribution in [0.4, 0.5) is 10.2 Å². The molecule has 2 rings (SSSR count). The molecule has 0 aliphatic rings. The summed E-state index contributed by atoms with van der Waals surface area (Å²) < 4.78 is 14.0. The summed E-state index contributed by atoms with van der Waals surface area (Å²) in [7, 11) is 0. The molecule has 2 aromatic rings. The molecule has 0 aliphatic carbocycles. The number of nitrogens with zero attached hydrogens (tertiary/aromatic N) is 2. The van der Waals surface area contributed by atoms with Gasteiger partial charge in [0, 0.05) is 12.1 Å². The van der Waals surface area contributed by atoms with Gasteiger partial charge in [0.15, 0.2) is 0 Å². The molecular weight excluding hydrogens is 217 g/mol. The second kappa shape index (κ2) is 5.48. The lowest BCUT2D eigenvalue weighted by molar-refractivity contribution is 0.429. The summed E-state index contributed by atoms with van der Waals surface area (Å²) in [6.07, 6.45) is 1.75. The minimum absolute atomic E-state index is 0.297. The Balaban J connectivity index is 2.06. The van der Waals surface area contributed by atoms with Crippen molar-refractivity contribution in [1.29, 1.82) is 0 Å². The Morgan fingerprint density at radius 2 is 2.06 bits per heavy atom. The summed E-state index contributed by atoms with van der Waals surface area (Å²) >= 11 is 0. The molecule has 0 saturated heterocycles. The normalized spacial score (nSPS) is 10.5. The number of hydrogen-bond donors (Lipinski definition) is 1. The average molecular weight is 233 g/mol. The molecule has 0 spiro atoms. The first-order chi connectivity index (χ1) is 8.31. The topological polar surface area (TPSA) is 29.9 Å². The van der Waals surface area contributed by atoms with Crippen molar-refractivity contribution in [2.45, 2.75) is 20.0 Å². The largest absolute Gasteiger partial charge is 0.366 e. The first-order valence-corrected chi connectivity index (χ1v) is 5.67. The van der Waals surface area contributed by atoms with Crippen LogP contribution in [0.2, 0.25) is 0 Å². The first kappa shape index (κ1) is 11.6. The van der Waals surface area contributed by atoms with E-state index in [2.05, 4.69) is 22.5 Å². The van der Waals surface area contributed by atoms with Crippen LogP contribution < -0.4 is 5.32 Å². The number of aromatic nitrogens is 2. The van der Waals surface area contributed by atoms with Gasteiger partial charge in [0.05, 0.1) is 12.7 Å². The van der Waals surface area contributed by atoms with Gasteiger partial charge >= 0.3 is 0 Å². The lowest BCUT2D eigenvalue weighted by Crippen LogP contribution is -2.09. The van der Waals surface area contributed by atoms with Crippen LogP contribution in [0.25, 0.3) is 0 Å². The maximum Gasteiger partial charge on any atom is 0.127 e. The van der Waals surface area contributed by atoms with Crippen molar-refractivity contribution in [3.05, 3.63) is 47.7 Å². The number of halogens is 1. The molecule has 17 heavy (non-hydrogen) atoms. The molecule has 1 aromatic heterocycles. The fraction of sp³-hybridized carbons (Fsp3) is 0.308. The van der Waals surface area contributed by atoms with Gasteiger partial charge in [-0.05, 0) is 12.5 Å². The van der Waals surface area contributed by atoms with Gasteiger partial charge < -0.3 is 5.32 Å². The highest BCUT2D eigenvalue weighted by Crippen LogP contribution is 2.15. The molecule has 0 unspecified atom stereocenters. The Hall–Kier alpha value is -1.84. The Labute approximate surface area is 100 Å². The third kappa shape index (κ3) is 2.84. The van der Waals surface area contributed by atoms with Crippen molar-refractivity contribution in [2.24, 2.45) is 0 Å². The molecule has 1 N–H and O–H groups in total. The van der Waals surface area contributed by atoms with Gasteiger partial charge in [0.1, 0.15) is 12.5 Å². The van der Waals surface area contributed by atoms with E-state index in [1.807, 2.05) is 25.1 Å². The monoisotopic (exact) mass is 233 g/mol. The van der Waals surface area contributed by atoms with Gasteiger partial charge in [0.25, 0.3) is 0 Å². The number of alkyl halides is 1. The van der Waals surface area contributed by atoms with Gasteiger partial charge in [-0.1, -0.05) is 30.3 Å². The highest BCUT2D eigenvalue weighted by molar-refractivity contribution is 5.43. The SMILES string of the molecule is Cc1cnn(CCF)c1NCc1ccccc1. The zero-order valence-electron chi connectivity index (χ0n) is 9.86. The van der Waals surface area contributed by atoms with E-state index in [-0.39, 0.29) is 0 Å². The van der Waals surface area contributed by atoms with E-state index in [1.165, 1.54) is 5.56 Å². The van der Waals surface area contributed by atoms with Gasteiger partial charge in [-0.3, -0.25) is 0 Å². The van der Waals surface area contributed by atoms with Crippen LogP contribution in [0.5, 0.6) is 0 Å². The summed E-state index contributed by atoms with van der Waals surface area (Å²) in [5.74, 6) is 0.895. The lowest BCUT2D eigenvalue weighted by Gasteiger charge is -2.09. The summed E-state index contributed by atoms with van der Waals surface area (Å²) in [6, 6.07) is 10.1. The van der Waals surface area contributed by atoms with E-state index in [4.69, 9.17) is 0 Å². The third-order valence-corrected chi connectivity index (χ3v) is 2.62. The van der Waals surface area contributed by atoms with E-state index in [9.17, 15) is 4.39 Å². The summed E-state index contributed by atoms with van der Waals surface area (Å²) in [4.78, 5) is 0. The molecule has 90 valence electrons. The van der Waals surface area contributed by atoms with E-state index in [0.29, 0.717) is 6.54 Å². The molecule has 0 fully saturated rings. The molecule has 1 heterocycles. The van der Waals surface area contributed by atoms with Crippen LogP contribution in [0.15, 0.2) is 36.5 Å². The molecule has 0 aliphatic heterocycles. The summed E-state index contributed by atoms with van der Waals surface area (Å²) in [5, 5.41) is 7.43. The zero-order valence-corrected chi connectivity index (χ0v) is 9.86. The zero-order chi connectivity index (χ0) is 12.1. The van der Waals surface area contributed by atoms with Gasteiger partial charge in [0.2, 0.25) is 0 Å². The molecule has 0 radical (unpaired) electrons. The smallest absolute Gasteiger partial charge is 0.127 e. The van der Waals surface area contributed by atoms with Crippen LogP contribution in [0.1, 0.15) is 11.1 Å². The fourth-order valence-electron chi connectivity index (χ4n) is 1.74. The fourth-order valence-corrected chi connectivity index (χ4v) is 1.74. The number of rotatable bonds is 5. The number of nitrogens with one attached hydrogen (secondary N) is 1. The highest BCUT2D eigenvalue weighted by Gasteiger charge is 2.06. The first-order valence-electron chi connectivity index (χ1n) is 5.67. The minimum Gasteiger partial charge on any atom is -0.366 e. The standard InChI is InChI=1S/C13H16FN3/c1-11-9-16-17(8-7-14)13(11)15-10-12-5-3-2-4-6-12/h2-6,9,15H,7-8,10H2,1H3. The van der Waals surface area contributed by atoms with Crippen molar-refractivity contribution in [3.8, 4) is 0 Å². The molecule has 0 amide bonds. The summed E-state index contributed by atoms with van der Waals surface area (Å²) in [6.45, 7) is 2.58. The van der Waals surface area contributed by atoms with Crippen LogP contribution in [-0.4, -0.2) is 16.5 Å². The predicted octanol–water partition coefficient (Wildman–Crippen LogP) is 2.77. The van der Waals surface area contributed by atoms with Crippen molar-refractivity contribution in [1.82, 2.24) is 9.78 Å². The van der Waals surface area contributed by atoms with E-state index in [1.54, 1.807) is 10.9 Å². The van der Waals surface area contributed by atoms with Crippen LogP contribution in [0, 0.1) is 6.92 Å².